The van der Waals surface area contributed by atoms with E-state index in [1.807, 2.05) is 0 Å². The Balaban J connectivity index is 2.48. The Kier molecular flexibility index (Phi) is 5.91. The average Bonchev–Trinajstić information content (AvgIpc) is 2.35. The van der Waals surface area contributed by atoms with Crippen molar-refractivity contribution in [2.24, 2.45) is 0 Å². The lowest BCUT2D eigenvalue weighted by molar-refractivity contribution is -0.385. The van der Waals surface area contributed by atoms with Crippen LogP contribution in [0.5, 0.6) is 0 Å². The summed E-state index contributed by atoms with van der Waals surface area (Å²) in [5, 5.41) is 13.9. The van der Waals surface area contributed by atoms with Crippen LogP contribution >= 0.6 is 15.9 Å². The Labute approximate surface area is 120 Å². The van der Waals surface area contributed by atoms with Crippen molar-refractivity contribution in [3.05, 3.63) is 38.3 Å². The lowest BCUT2D eigenvalue weighted by Gasteiger charge is -2.10. The molecule has 1 aromatic carbocycles. The maximum Gasteiger partial charge on any atom is 0.283 e. The van der Waals surface area contributed by atoms with Gasteiger partial charge in [-0.25, -0.2) is 0 Å². The number of amides is 1. The zero-order chi connectivity index (χ0) is 14.4. The van der Waals surface area contributed by atoms with E-state index in [0.29, 0.717) is 24.0 Å². The van der Waals surface area contributed by atoms with E-state index in [0.717, 1.165) is 5.56 Å². The van der Waals surface area contributed by atoms with Gasteiger partial charge in [0.1, 0.15) is 0 Å². The molecule has 0 aliphatic rings. The van der Waals surface area contributed by atoms with Gasteiger partial charge in [0, 0.05) is 39.7 Å². The molecule has 0 saturated heterocycles. The monoisotopic (exact) mass is 329 g/mol. The van der Waals surface area contributed by atoms with Crippen molar-refractivity contribution in [1.82, 2.24) is 10.2 Å². The van der Waals surface area contributed by atoms with Crippen LogP contribution < -0.4 is 5.32 Å². The third-order valence-electron chi connectivity index (χ3n) is 2.55. The van der Waals surface area contributed by atoms with Gasteiger partial charge in [0.15, 0.2) is 0 Å². The fourth-order valence-corrected chi connectivity index (χ4v) is 1.85. The molecule has 0 atom stereocenters. The number of nitro groups is 1. The molecule has 19 heavy (non-hydrogen) atoms. The molecule has 0 saturated carbocycles. The molecule has 0 aromatic heterocycles. The number of nitro benzene ring substituents is 1. The minimum absolute atomic E-state index is 0.0451. The number of halogens is 1. The van der Waals surface area contributed by atoms with Crippen LogP contribution in [0.1, 0.15) is 12.0 Å². The zero-order valence-electron chi connectivity index (χ0n) is 10.9. The fourth-order valence-electron chi connectivity index (χ4n) is 1.46. The number of carbonyl (C=O) groups is 1. The van der Waals surface area contributed by atoms with Gasteiger partial charge in [0.2, 0.25) is 5.91 Å². The molecule has 0 heterocycles. The summed E-state index contributed by atoms with van der Waals surface area (Å²) in [7, 11) is 3.42. The van der Waals surface area contributed by atoms with E-state index in [9.17, 15) is 14.9 Å². The molecule has 0 aliphatic carbocycles. The molecule has 7 heteroatoms. The van der Waals surface area contributed by atoms with Crippen LogP contribution in [0.25, 0.3) is 0 Å². The summed E-state index contributed by atoms with van der Waals surface area (Å²) in [6.45, 7) is 1.04. The van der Waals surface area contributed by atoms with Crippen molar-refractivity contribution in [3.8, 4) is 0 Å². The number of hydrogen-bond donors (Lipinski definition) is 1. The van der Waals surface area contributed by atoms with E-state index < -0.39 is 4.92 Å². The number of benzene rings is 1. The molecular formula is C12H16BrN3O3. The third kappa shape index (κ3) is 4.96. The van der Waals surface area contributed by atoms with Crippen molar-refractivity contribution in [2.75, 3.05) is 20.6 Å². The average molecular weight is 330 g/mol. The van der Waals surface area contributed by atoms with Crippen LogP contribution in [0.4, 0.5) is 5.69 Å². The van der Waals surface area contributed by atoms with Gasteiger partial charge in [-0.1, -0.05) is 6.07 Å². The summed E-state index contributed by atoms with van der Waals surface area (Å²) in [6, 6.07) is 4.98. The van der Waals surface area contributed by atoms with Gasteiger partial charge < -0.3 is 10.2 Å². The van der Waals surface area contributed by atoms with E-state index in [4.69, 9.17) is 0 Å². The predicted molar refractivity (Wildman–Crippen MR) is 75.8 cm³/mol. The first-order valence-electron chi connectivity index (χ1n) is 5.75. The van der Waals surface area contributed by atoms with Gasteiger partial charge in [-0.2, -0.15) is 0 Å². The minimum atomic E-state index is -0.427. The van der Waals surface area contributed by atoms with Gasteiger partial charge in [-0.3, -0.25) is 14.9 Å². The first-order chi connectivity index (χ1) is 8.91. The summed E-state index contributed by atoms with van der Waals surface area (Å²) >= 11 is 3.14. The van der Waals surface area contributed by atoms with Gasteiger partial charge in [-0.05, 0) is 27.6 Å². The number of rotatable bonds is 6. The highest BCUT2D eigenvalue weighted by molar-refractivity contribution is 9.10. The number of nitrogens with zero attached hydrogens (tertiary/aromatic N) is 2. The zero-order valence-corrected chi connectivity index (χ0v) is 12.4. The molecule has 0 aliphatic heterocycles. The lowest BCUT2D eigenvalue weighted by atomic mass is 10.2. The maximum atomic E-state index is 11.3. The topological polar surface area (TPSA) is 75.5 Å². The molecule has 1 N–H and O–H groups in total. The highest BCUT2D eigenvalue weighted by atomic mass is 79.9. The molecule has 0 spiro atoms. The van der Waals surface area contributed by atoms with Crippen LogP contribution in [0, 0.1) is 10.1 Å². The minimum Gasteiger partial charge on any atom is -0.349 e. The lowest BCUT2D eigenvalue weighted by Crippen LogP contribution is -2.26. The molecule has 0 unspecified atom stereocenters. The molecule has 0 radical (unpaired) electrons. The van der Waals surface area contributed by atoms with E-state index in [1.165, 1.54) is 11.0 Å². The molecular weight excluding hydrogens is 314 g/mol. The first kappa shape index (κ1) is 15.6. The second kappa shape index (κ2) is 7.20. The van der Waals surface area contributed by atoms with Crippen LogP contribution in [0.15, 0.2) is 22.7 Å². The Morgan fingerprint density at radius 1 is 1.47 bits per heavy atom. The van der Waals surface area contributed by atoms with E-state index in [1.54, 1.807) is 26.2 Å². The van der Waals surface area contributed by atoms with Crippen LogP contribution in [-0.2, 0) is 11.3 Å². The molecule has 1 rings (SSSR count). The van der Waals surface area contributed by atoms with Crippen molar-refractivity contribution in [3.63, 3.8) is 0 Å². The SMILES string of the molecule is CN(C)C(=O)CCNCc1ccc(Br)c([N+](=O)[O-])c1. The van der Waals surface area contributed by atoms with Gasteiger partial charge in [0.05, 0.1) is 9.40 Å². The van der Waals surface area contributed by atoms with Crippen molar-refractivity contribution < 1.29 is 9.72 Å². The number of nitrogens with one attached hydrogen (secondary N) is 1. The summed E-state index contributed by atoms with van der Waals surface area (Å²) in [4.78, 5) is 23.2. The van der Waals surface area contributed by atoms with E-state index in [2.05, 4.69) is 21.2 Å². The second-order valence-electron chi connectivity index (χ2n) is 4.26. The number of carbonyl (C=O) groups excluding carboxylic acids is 1. The van der Waals surface area contributed by atoms with Crippen molar-refractivity contribution in [2.45, 2.75) is 13.0 Å². The van der Waals surface area contributed by atoms with Crippen LogP contribution in [-0.4, -0.2) is 36.4 Å². The Morgan fingerprint density at radius 3 is 2.74 bits per heavy atom. The number of hydrogen-bond acceptors (Lipinski definition) is 4. The largest absolute Gasteiger partial charge is 0.349 e. The predicted octanol–water partition coefficient (Wildman–Crippen LogP) is 1.93. The standard InChI is InChI=1S/C12H16BrN3O3/c1-15(2)12(17)5-6-14-8-9-3-4-10(13)11(7-9)16(18)19/h3-4,7,14H,5-6,8H2,1-2H3. The Morgan fingerprint density at radius 2 is 2.16 bits per heavy atom. The maximum absolute atomic E-state index is 11.3. The van der Waals surface area contributed by atoms with Gasteiger partial charge >= 0.3 is 0 Å². The van der Waals surface area contributed by atoms with Crippen molar-refractivity contribution in [1.29, 1.82) is 0 Å². The summed E-state index contributed by atoms with van der Waals surface area (Å²) < 4.78 is 0.462. The summed E-state index contributed by atoms with van der Waals surface area (Å²) in [6.07, 6.45) is 0.408. The highest BCUT2D eigenvalue weighted by Gasteiger charge is 2.12. The Hall–Kier alpha value is -1.47. The molecule has 0 bridgehead atoms. The quantitative estimate of drug-likeness (QED) is 0.491. The third-order valence-corrected chi connectivity index (χ3v) is 3.22. The van der Waals surface area contributed by atoms with E-state index >= 15 is 0 Å². The van der Waals surface area contributed by atoms with Gasteiger partial charge in [0.25, 0.3) is 5.69 Å². The Bertz CT molecular complexity index is 477. The first-order valence-corrected chi connectivity index (χ1v) is 6.55. The second-order valence-corrected chi connectivity index (χ2v) is 5.11. The molecule has 104 valence electrons. The fraction of sp³-hybridized carbons (Fsp3) is 0.417. The highest BCUT2D eigenvalue weighted by Crippen LogP contribution is 2.25. The molecule has 0 fully saturated rings. The molecule has 1 aromatic rings. The summed E-state index contributed by atoms with van der Waals surface area (Å²) in [5.41, 5.74) is 0.857. The van der Waals surface area contributed by atoms with E-state index in [-0.39, 0.29) is 11.6 Å². The summed E-state index contributed by atoms with van der Waals surface area (Å²) in [5.74, 6) is 0.0503. The van der Waals surface area contributed by atoms with Crippen LogP contribution in [0.2, 0.25) is 0 Å². The smallest absolute Gasteiger partial charge is 0.283 e. The molecule has 1 amide bonds. The normalized spacial score (nSPS) is 10.3. The van der Waals surface area contributed by atoms with Gasteiger partial charge in [-0.15, -0.1) is 0 Å². The van der Waals surface area contributed by atoms with Crippen molar-refractivity contribution >= 4 is 27.5 Å². The molecule has 6 nitrogen and oxygen atoms in total. The van der Waals surface area contributed by atoms with Crippen LogP contribution in [0.3, 0.4) is 0 Å².